The molecule has 3 fully saturated rings. The molecule has 0 spiro atoms. The molecule has 0 aromatic carbocycles. The van der Waals surface area contributed by atoms with Crippen molar-refractivity contribution in [3.63, 3.8) is 0 Å². The Morgan fingerprint density at radius 3 is 2.57 bits per heavy atom. The quantitative estimate of drug-likeness (QED) is 0.332. The largest absolute Gasteiger partial charge is 0.458 e. The molecule has 30 heavy (non-hydrogen) atoms. The molecule has 0 amide bonds. The monoisotopic (exact) mass is 424 g/mol. The van der Waals surface area contributed by atoms with Crippen LogP contribution in [0.1, 0.15) is 19.8 Å². The second-order valence-corrected chi connectivity index (χ2v) is 8.74. The Labute approximate surface area is 173 Å². The number of allylic oxidation sites excluding steroid dienone is 1. The first-order valence-corrected chi connectivity index (χ1v) is 10.3. The molecule has 10 atom stereocenters. The summed E-state index contributed by atoms with van der Waals surface area (Å²) >= 11 is 0. The Bertz CT molecular complexity index is 760. The van der Waals surface area contributed by atoms with Crippen molar-refractivity contribution in [2.24, 2.45) is 23.7 Å². The molecule has 4 N–H and O–H groups in total. The highest BCUT2D eigenvalue weighted by atomic mass is 16.7. The molecule has 9 nitrogen and oxygen atoms in total. The van der Waals surface area contributed by atoms with Crippen LogP contribution >= 0.6 is 0 Å². The van der Waals surface area contributed by atoms with Crippen molar-refractivity contribution in [2.45, 2.75) is 56.6 Å². The van der Waals surface area contributed by atoms with E-state index in [1.165, 1.54) is 6.08 Å². The highest BCUT2D eigenvalue weighted by Gasteiger charge is 2.54. The third-order valence-electron chi connectivity index (χ3n) is 6.98. The summed E-state index contributed by atoms with van der Waals surface area (Å²) in [5.74, 6) is -1.22. The number of carbonyl (C=O) groups is 2. The summed E-state index contributed by atoms with van der Waals surface area (Å²) in [6.07, 6.45) is -4.42. The first-order valence-electron chi connectivity index (χ1n) is 10.3. The van der Waals surface area contributed by atoms with Gasteiger partial charge in [0.05, 0.1) is 13.2 Å². The van der Waals surface area contributed by atoms with Gasteiger partial charge in [-0.25, -0.2) is 4.79 Å². The normalized spacial score (nSPS) is 46.2. The van der Waals surface area contributed by atoms with Gasteiger partial charge in [0.1, 0.15) is 30.5 Å². The number of aliphatic hydroxyl groups is 4. The molecule has 0 aromatic rings. The number of aliphatic hydroxyl groups excluding tert-OH is 4. The first kappa shape index (κ1) is 21.6. The molecule has 2 heterocycles. The number of ether oxygens (including phenoxy) is 3. The standard InChI is InChI=1S/C21H28O9/c1-8-3-4-11-9(2)20(27)30-19(11)15-10(5-12(23)14(8)15)7-28-21-18(26)17(25)16(24)13(6-22)29-21/h5,8,11,13-19,21-22,24-26H,2-4,6-7H2,1H3/t8-,11-,13+,14-,15-,16+,17-,18+,19-,21+/m0/s1. The lowest BCUT2D eigenvalue weighted by atomic mass is 9.78. The highest BCUT2D eigenvalue weighted by Crippen LogP contribution is 2.49. The lowest BCUT2D eigenvalue weighted by Crippen LogP contribution is -2.59. The van der Waals surface area contributed by atoms with Crippen LogP contribution in [0.15, 0.2) is 23.8 Å². The average Bonchev–Trinajstić information content (AvgIpc) is 3.14. The van der Waals surface area contributed by atoms with Crippen molar-refractivity contribution in [3.8, 4) is 0 Å². The van der Waals surface area contributed by atoms with Crippen LogP contribution in [0.4, 0.5) is 0 Å². The topological polar surface area (TPSA) is 143 Å². The predicted octanol–water partition coefficient (Wildman–Crippen LogP) is -0.928. The van der Waals surface area contributed by atoms with Crippen LogP contribution in [0.3, 0.4) is 0 Å². The molecule has 2 saturated heterocycles. The third kappa shape index (κ3) is 3.43. The van der Waals surface area contributed by atoms with Crippen LogP contribution < -0.4 is 0 Å². The number of hydrogen-bond acceptors (Lipinski definition) is 9. The van der Waals surface area contributed by atoms with Crippen LogP contribution in [0, 0.1) is 23.7 Å². The van der Waals surface area contributed by atoms with Gasteiger partial charge in [-0.1, -0.05) is 13.5 Å². The second-order valence-electron chi connectivity index (χ2n) is 8.74. The zero-order valence-corrected chi connectivity index (χ0v) is 16.7. The maximum atomic E-state index is 12.8. The third-order valence-corrected chi connectivity index (χ3v) is 6.98. The van der Waals surface area contributed by atoms with Gasteiger partial charge in [0, 0.05) is 23.3 Å². The zero-order valence-electron chi connectivity index (χ0n) is 16.7. The fourth-order valence-corrected chi connectivity index (χ4v) is 5.27. The molecule has 2 aliphatic carbocycles. The van der Waals surface area contributed by atoms with Gasteiger partial charge in [0.15, 0.2) is 12.1 Å². The Morgan fingerprint density at radius 2 is 1.87 bits per heavy atom. The van der Waals surface area contributed by atoms with E-state index in [1.807, 2.05) is 6.92 Å². The van der Waals surface area contributed by atoms with Crippen molar-refractivity contribution in [3.05, 3.63) is 23.8 Å². The molecule has 4 rings (SSSR count). The molecule has 0 aromatic heterocycles. The fourth-order valence-electron chi connectivity index (χ4n) is 5.27. The SMILES string of the molecule is C=C1C(=O)O[C@@H]2[C@H]3C(CO[C@@H]4O[C@H](CO)[C@@H](O)[C@H](O)[C@H]4O)=CC(=O)[C@@H]3[C@@H](C)CC[C@@H]12. The summed E-state index contributed by atoms with van der Waals surface area (Å²) in [5.41, 5.74) is 1.06. The van der Waals surface area contributed by atoms with E-state index >= 15 is 0 Å². The van der Waals surface area contributed by atoms with E-state index in [9.17, 15) is 30.0 Å². The molecule has 166 valence electrons. The summed E-state index contributed by atoms with van der Waals surface area (Å²) in [6, 6.07) is 0. The molecule has 0 unspecified atom stereocenters. The predicted molar refractivity (Wildman–Crippen MR) is 101 cm³/mol. The van der Waals surface area contributed by atoms with E-state index in [2.05, 4.69) is 6.58 Å². The van der Waals surface area contributed by atoms with Gasteiger partial charge in [0.25, 0.3) is 0 Å². The Kier molecular flexibility index (Phi) is 5.86. The minimum atomic E-state index is -1.55. The van der Waals surface area contributed by atoms with E-state index in [1.54, 1.807) is 0 Å². The van der Waals surface area contributed by atoms with Gasteiger partial charge in [-0.2, -0.15) is 0 Å². The maximum absolute atomic E-state index is 12.8. The van der Waals surface area contributed by atoms with Crippen LogP contribution in [0.25, 0.3) is 0 Å². The number of hydrogen-bond donors (Lipinski definition) is 4. The van der Waals surface area contributed by atoms with Gasteiger partial charge in [-0.15, -0.1) is 0 Å². The van der Waals surface area contributed by atoms with E-state index < -0.39 is 49.4 Å². The highest BCUT2D eigenvalue weighted by molar-refractivity contribution is 5.97. The number of carbonyl (C=O) groups excluding carboxylic acids is 2. The Hall–Kier alpha value is -1.62. The molecule has 0 radical (unpaired) electrons. The van der Waals surface area contributed by atoms with Gasteiger partial charge in [-0.3, -0.25) is 4.79 Å². The van der Waals surface area contributed by atoms with Crippen molar-refractivity contribution in [2.75, 3.05) is 13.2 Å². The van der Waals surface area contributed by atoms with Crippen molar-refractivity contribution in [1.82, 2.24) is 0 Å². The minimum Gasteiger partial charge on any atom is -0.458 e. The molecular weight excluding hydrogens is 396 g/mol. The number of esters is 1. The molecule has 1 saturated carbocycles. The number of rotatable bonds is 4. The van der Waals surface area contributed by atoms with Crippen molar-refractivity contribution >= 4 is 11.8 Å². The lowest BCUT2D eigenvalue weighted by molar-refractivity contribution is -0.299. The molecule has 4 aliphatic rings. The van der Waals surface area contributed by atoms with E-state index in [0.717, 1.165) is 12.8 Å². The van der Waals surface area contributed by atoms with Gasteiger partial charge in [0.2, 0.25) is 0 Å². The van der Waals surface area contributed by atoms with Crippen LogP contribution in [0.5, 0.6) is 0 Å². The average molecular weight is 424 g/mol. The Morgan fingerprint density at radius 1 is 1.13 bits per heavy atom. The molecule has 0 bridgehead atoms. The van der Waals surface area contributed by atoms with Crippen molar-refractivity contribution < 1.29 is 44.2 Å². The van der Waals surface area contributed by atoms with E-state index in [0.29, 0.717) is 11.1 Å². The van der Waals surface area contributed by atoms with Crippen LogP contribution in [0.2, 0.25) is 0 Å². The van der Waals surface area contributed by atoms with Crippen LogP contribution in [-0.2, 0) is 23.8 Å². The first-order chi connectivity index (χ1) is 14.2. The summed E-state index contributed by atoms with van der Waals surface area (Å²) < 4.78 is 16.6. The second kappa shape index (κ2) is 8.14. The fraction of sp³-hybridized carbons (Fsp3) is 0.714. The van der Waals surface area contributed by atoms with E-state index in [4.69, 9.17) is 14.2 Å². The summed E-state index contributed by atoms with van der Waals surface area (Å²) in [4.78, 5) is 24.9. The number of fused-ring (bicyclic) bond motifs is 3. The zero-order chi connectivity index (χ0) is 21.7. The Balaban J connectivity index is 1.53. The smallest absolute Gasteiger partial charge is 0.334 e. The van der Waals surface area contributed by atoms with E-state index in [-0.39, 0.29) is 36.1 Å². The minimum absolute atomic E-state index is 0.0471. The van der Waals surface area contributed by atoms with Crippen LogP contribution in [-0.4, -0.2) is 82.2 Å². The maximum Gasteiger partial charge on any atom is 0.334 e. The summed E-state index contributed by atoms with van der Waals surface area (Å²) in [7, 11) is 0. The molecule has 2 aliphatic heterocycles. The van der Waals surface area contributed by atoms with Crippen molar-refractivity contribution in [1.29, 1.82) is 0 Å². The van der Waals surface area contributed by atoms with Gasteiger partial charge < -0.3 is 34.6 Å². The lowest BCUT2D eigenvalue weighted by Gasteiger charge is -2.40. The molecule has 9 heteroatoms. The summed E-state index contributed by atoms with van der Waals surface area (Å²) in [6.45, 7) is 5.23. The summed E-state index contributed by atoms with van der Waals surface area (Å²) in [5, 5.41) is 39.3. The number of ketones is 1. The van der Waals surface area contributed by atoms with Gasteiger partial charge in [-0.05, 0) is 30.4 Å². The van der Waals surface area contributed by atoms with Gasteiger partial charge >= 0.3 is 5.97 Å². The molecular formula is C21H28O9.